The SMILES string of the molecule is CN1CCN(CCc2nc3ccc(Cl)cn3n2)CC1. The fourth-order valence-electron chi connectivity index (χ4n) is 2.34. The molecule has 0 spiro atoms. The van der Waals surface area contributed by atoms with E-state index in [0.717, 1.165) is 50.6 Å². The number of aromatic nitrogens is 3. The van der Waals surface area contributed by atoms with E-state index in [-0.39, 0.29) is 0 Å². The number of pyridine rings is 1. The van der Waals surface area contributed by atoms with E-state index < -0.39 is 0 Å². The van der Waals surface area contributed by atoms with Crippen LogP contribution in [0.15, 0.2) is 18.3 Å². The average Bonchev–Trinajstić information content (AvgIpc) is 2.80. The van der Waals surface area contributed by atoms with Crippen molar-refractivity contribution in [3.05, 3.63) is 29.2 Å². The topological polar surface area (TPSA) is 36.7 Å². The first-order chi connectivity index (χ1) is 9.20. The van der Waals surface area contributed by atoms with Crippen LogP contribution in [0.1, 0.15) is 5.82 Å². The van der Waals surface area contributed by atoms with Crippen molar-refractivity contribution in [2.75, 3.05) is 39.8 Å². The van der Waals surface area contributed by atoms with Gasteiger partial charge < -0.3 is 9.80 Å². The van der Waals surface area contributed by atoms with Crippen LogP contribution in [0.4, 0.5) is 0 Å². The molecule has 5 nitrogen and oxygen atoms in total. The molecule has 0 bridgehead atoms. The molecule has 0 unspecified atom stereocenters. The van der Waals surface area contributed by atoms with Gasteiger partial charge in [0, 0.05) is 45.3 Å². The summed E-state index contributed by atoms with van der Waals surface area (Å²) in [5.41, 5.74) is 0.859. The Labute approximate surface area is 117 Å². The molecular formula is C13H18ClN5. The number of hydrogen-bond donors (Lipinski definition) is 0. The maximum Gasteiger partial charge on any atom is 0.155 e. The average molecular weight is 280 g/mol. The normalized spacial score (nSPS) is 18.2. The number of hydrogen-bond acceptors (Lipinski definition) is 4. The molecular weight excluding hydrogens is 262 g/mol. The molecule has 19 heavy (non-hydrogen) atoms. The summed E-state index contributed by atoms with van der Waals surface area (Å²) in [6.07, 6.45) is 2.69. The zero-order chi connectivity index (χ0) is 13.2. The van der Waals surface area contributed by atoms with E-state index in [0.29, 0.717) is 5.02 Å². The van der Waals surface area contributed by atoms with Gasteiger partial charge in [-0.25, -0.2) is 9.50 Å². The van der Waals surface area contributed by atoms with Crippen LogP contribution in [0.3, 0.4) is 0 Å². The highest BCUT2D eigenvalue weighted by atomic mass is 35.5. The lowest BCUT2D eigenvalue weighted by atomic mass is 10.3. The molecule has 2 aromatic heterocycles. The Morgan fingerprint density at radius 1 is 1.21 bits per heavy atom. The predicted molar refractivity (Wildman–Crippen MR) is 75.6 cm³/mol. The van der Waals surface area contributed by atoms with Crippen LogP contribution in [-0.2, 0) is 6.42 Å². The summed E-state index contributed by atoms with van der Waals surface area (Å²) in [6, 6.07) is 3.74. The molecule has 0 saturated carbocycles. The maximum atomic E-state index is 5.94. The summed E-state index contributed by atoms with van der Waals surface area (Å²) in [7, 11) is 2.17. The summed E-state index contributed by atoms with van der Waals surface area (Å²) in [4.78, 5) is 9.34. The van der Waals surface area contributed by atoms with E-state index in [4.69, 9.17) is 11.6 Å². The third-order valence-electron chi connectivity index (χ3n) is 3.59. The predicted octanol–water partition coefficient (Wildman–Crippen LogP) is 1.17. The minimum Gasteiger partial charge on any atom is -0.304 e. The van der Waals surface area contributed by atoms with Gasteiger partial charge in [0.2, 0.25) is 0 Å². The molecule has 0 radical (unpaired) electrons. The highest BCUT2D eigenvalue weighted by Gasteiger charge is 2.14. The van der Waals surface area contributed by atoms with Crippen LogP contribution in [0.5, 0.6) is 0 Å². The first kappa shape index (κ1) is 12.8. The third kappa shape index (κ3) is 3.05. The van der Waals surface area contributed by atoms with Gasteiger partial charge in [0.15, 0.2) is 11.5 Å². The Balaban J connectivity index is 1.62. The number of rotatable bonds is 3. The van der Waals surface area contributed by atoms with Gasteiger partial charge in [-0.05, 0) is 19.2 Å². The molecule has 0 N–H and O–H groups in total. The zero-order valence-corrected chi connectivity index (χ0v) is 11.8. The Morgan fingerprint density at radius 3 is 2.79 bits per heavy atom. The minimum absolute atomic E-state index is 0.683. The lowest BCUT2D eigenvalue weighted by Crippen LogP contribution is -2.45. The molecule has 3 heterocycles. The van der Waals surface area contributed by atoms with E-state index in [1.165, 1.54) is 0 Å². The first-order valence-corrected chi connectivity index (χ1v) is 7.00. The van der Waals surface area contributed by atoms with Gasteiger partial charge in [-0.1, -0.05) is 11.6 Å². The van der Waals surface area contributed by atoms with Crippen molar-refractivity contribution in [2.24, 2.45) is 0 Å². The third-order valence-corrected chi connectivity index (χ3v) is 3.81. The van der Waals surface area contributed by atoms with Crippen LogP contribution >= 0.6 is 11.6 Å². The fraction of sp³-hybridized carbons (Fsp3) is 0.538. The number of halogens is 1. The van der Waals surface area contributed by atoms with Crippen LogP contribution in [0, 0.1) is 0 Å². The molecule has 0 aromatic carbocycles. The smallest absolute Gasteiger partial charge is 0.155 e. The van der Waals surface area contributed by atoms with E-state index in [1.54, 1.807) is 10.7 Å². The molecule has 6 heteroatoms. The molecule has 102 valence electrons. The summed E-state index contributed by atoms with van der Waals surface area (Å²) >= 11 is 5.94. The zero-order valence-electron chi connectivity index (χ0n) is 11.1. The Hall–Kier alpha value is -1.17. The molecule has 2 aromatic rings. The van der Waals surface area contributed by atoms with Crippen LogP contribution in [0.25, 0.3) is 5.65 Å². The number of piperazine rings is 1. The van der Waals surface area contributed by atoms with E-state index in [9.17, 15) is 0 Å². The van der Waals surface area contributed by atoms with E-state index in [2.05, 4.69) is 26.9 Å². The summed E-state index contributed by atoms with van der Waals surface area (Å²) in [6.45, 7) is 5.59. The second-order valence-electron chi connectivity index (χ2n) is 5.07. The number of likely N-dealkylation sites (N-methyl/N-ethyl adjacent to an activating group) is 1. The molecule has 0 atom stereocenters. The van der Waals surface area contributed by atoms with Crippen molar-refractivity contribution in [2.45, 2.75) is 6.42 Å². The van der Waals surface area contributed by atoms with Crippen molar-refractivity contribution < 1.29 is 0 Å². The summed E-state index contributed by atoms with van der Waals surface area (Å²) in [5, 5.41) is 5.14. The van der Waals surface area contributed by atoms with Gasteiger partial charge in [0.05, 0.1) is 5.02 Å². The monoisotopic (exact) mass is 279 g/mol. The second-order valence-corrected chi connectivity index (χ2v) is 5.51. The van der Waals surface area contributed by atoms with Gasteiger partial charge in [0.1, 0.15) is 0 Å². The molecule has 0 amide bonds. The Morgan fingerprint density at radius 2 is 2.00 bits per heavy atom. The molecule has 1 aliphatic heterocycles. The van der Waals surface area contributed by atoms with Crippen LogP contribution < -0.4 is 0 Å². The Kier molecular flexibility index (Phi) is 3.68. The second kappa shape index (κ2) is 5.45. The highest BCUT2D eigenvalue weighted by molar-refractivity contribution is 6.30. The van der Waals surface area contributed by atoms with E-state index >= 15 is 0 Å². The Bertz CT molecular complexity index is 559. The number of nitrogens with zero attached hydrogens (tertiary/aromatic N) is 5. The largest absolute Gasteiger partial charge is 0.304 e. The van der Waals surface area contributed by atoms with Gasteiger partial charge in [0.25, 0.3) is 0 Å². The van der Waals surface area contributed by atoms with Gasteiger partial charge >= 0.3 is 0 Å². The van der Waals surface area contributed by atoms with Crippen molar-refractivity contribution >= 4 is 17.2 Å². The first-order valence-electron chi connectivity index (χ1n) is 6.62. The molecule has 0 aliphatic carbocycles. The molecule has 1 fully saturated rings. The summed E-state index contributed by atoms with van der Waals surface area (Å²) < 4.78 is 1.75. The van der Waals surface area contributed by atoms with Crippen LogP contribution in [-0.4, -0.2) is 64.2 Å². The van der Waals surface area contributed by atoms with E-state index in [1.807, 2.05) is 12.1 Å². The maximum absolute atomic E-state index is 5.94. The fourth-order valence-corrected chi connectivity index (χ4v) is 2.49. The van der Waals surface area contributed by atoms with Crippen LogP contribution in [0.2, 0.25) is 5.02 Å². The van der Waals surface area contributed by atoms with Gasteiger partial charge in [-0.2, -0.15) is 5.10 Å². The van der Waals surface area contributed by atoms with Crippen molar-refractivity contribution in [3.63, 3.8) is 0 Å². The molecule has 1 saturated heterocycles. The lowest BCUT2D eigenvalue weighted by molar-refractivity contribution is 0.155. The molecule has 1 aliphatic rings. The van der Waals surface area contributed by atoms with Crippen molar-refractivity contribution in [1.29, 1.82) is 0 Å². The highest BCUT2D eigenvalue weighted by Crippen LogP contribution is 2.10. The number of fused-ring (bicyclic) bond motifs is 1. The van der Waals surface area contributed by atoms with Gasteiger partial charge in [-0.3, -0.25) is 0 Å². The summed E-state index contributed by atoms with van der Waals surface area (Å²) in [5.74, 6) is 0.890. The lowest BCUT2D eigenvalue weighted by Gasteiger charge is -2.31. The standard InChI is InChI=1S/C13H18ClN5/c1-17-6-8-18(9-7-17)5-4-12-15-13-3-2-11(14)10-19(13)16-12/h2-3,10H,4-9H2,1H3. The van der Waals surface area contributed by atoms with Crippen molar-refractivity contribution in [1.82, 2.24) is 24.4 Å². The minimum atomic E-state index is 0.683. The quantitative estimate of drug-likeness (QED) is 0.845. The van der Waals surface area contributed by atoms with Gasteiger partial charge in [-0.15, -0.1) is 0 Å². The van der Waals surface area contributed by atoms with Crippen molar-refractivity contribution in [3.8, 4) is 0 Å². The molecule has 3 rings (SSSR count).